The Morgan fingerprint density at radius 1 is 1.35 bits per heavy atom. The Kier molecular flexibility index (Phi) is 4.92. The first kappa shape index (κ1) is 14.3. The fraction of sp³-hybridized carbons (Fsp3) is 0.143. The first-order valence-electron chi connectivity index (χ1n) is 6.06. The van der Waals surface area contributed by atoms with Gasteiger partial charge in [0.25, 0.3) is 0 Å². The summed E-state index contributed by atoms with van der Waals surface area (Å²) in [5.74, 6) is 0.0433. The molecule has 0 amide bonds. The van der Waals surface area contributed by atoms with E-state index in [-0.39, 0.29) is 5.84 Å². The van der Waals surface area contributed by atoms with E-state index >= 15 is 0 Å². The molecule has 20 heavy (non-hydrogen) atoms. The molecule has 0 fully saturated rings. The molecule has 0 radical (unpaired) electrons. The van der Waals surface area contributed by atoms with E-state index in [9.17, 15) is 0 Å². The fourth-order valence-electron chi connectivity index (χ4n) is 1.75. The molecule has 0 aliphatic heterocycles. The number of hydrogen-bond acceptors (Lipinski definition) is 4. The number of pyridine rings is 1. The van der Waals surface area contributed by atoms with Crippen LogP contribution in [-0.4, -0.2) is 16.0 Å². The van der Waals surface area contributed by atoms with Crippen LogP contribution in [0.3, 0.4) is 0 Å². The smallest absolute Gasteiger partial charge is 0.170 e. The average Bonchev–Trinajstić information content (AvgIpc) is 2.49. The third-order valence-electron chi connectivity index (χ3n) is 2.82. The van der Waals surface area contributed by atoms with Crippen molar-refractivity contribution in [3.05, 3.63) is 64.4 Å². The summed E-state index contributed by atoms with van der Waals surface area (Å²) in [5, 5.41) is 15.4. The van der Waals surface area contributed by atoms with Crippen LogP contribution in [0.4, 0.5) is 0 Å². The lowest BCUT2D eigenvalue weighted by Crippen LogP contribution is -2.15. The summed E-state index contributed by atoms with van der Waals surface area (Å²) in [6.45, 7) is 1.34. The number of oxime groups is 1. The molecule has 0 spiro atoms. The first-order valence-corrected chi connectivity index (χ1v) is 6.44. The van der Waals surface area contributed by atoms with E-state index in [4.69, 9.17) is 22.5 Å². The molecule has 0 unspecified atom stereocenters. The van der Waals surface area contributed by atoms with Gasteiger partial charge in [-0.05, 0) is 23.3 Å². The van der Waals surface area contributed by atoms with E-state index < -0.39 is 0 Å². The van der Waals surface area contributed by atoms with Gasteiger partial charge in [-0.2, -0.15) is 0 Å². The van der Waals surface area contributed by atoms with E-state index in [2.05, 4.69) is 15.5 Å². The van der Waals surface area contributed by atoms with Crippen molar-refractivity contribution < 1.29 is 5.21 Å². The van der Waals surface area contributed by atoms with Crippen molar-refractivity contribution in [3.8, 4) is 0 Å². The van der Waals surface area contributed by atoms with Gasteiger partial charge in [0, 0.05) is 36.1 Å². The largest absolute Gasteiger partial charge is 0.409 e. The minimum Gasteiger partial charge on any atom is -0.409 e. The maximum Gasteiger partial charge on any atom is 0.170 e. The van der Waals surface area contributed by atoms with Crippen LogP contribution in [0, 0.1) is 0 Å². The van der Waals surface area contributed by atoms with Gasteiger partial charge in [-0.25, -0.2) is 0 Å². The average molecular weight is 291 g/mol. The summed E-state index contributed by atoms with van der Waals surface area (Å²) >= 11 is 6.17. The van der Waals surface area contributed by atoms with Crippen LogP contribution in [0.1, 0.15) is 16.7 Å². The minimum absolute atomic E-state index is 0.0433. The predicted octanol–water partition coefficient (Wildman–Crippen LogP) is 2.12. The van der Waals surface area contributed by atoms with E-state index in [1.165, 1.54) is 0 Å². The zero-order chi connectivity index (χ0) is 14.4. The molecule has 1 aromatic heterocycles. The Bertz CT molecular complexity index is 601. The summed E-state index contributed by atoms with van der Waals surface area (Å²) in [7, 11) is 0. The number of hydrogen-bond donors (Lipinski definition) is 3. The Hall–Kier alpha value is -2.11. The molecule has 0 atom stereocenters. The summed E-state index contributed by atoms with van der Waals surface area (Å²) in [6.07, 6.45) is 3.56. The molecule has 6 heteroatoms. The number of halogens is 1. The molecule has 5 nitrogen and oxygen atoms in total. The molecule has 104 valence electrons. The second kappa shape index (κ2) is 6.88. The molecular weight excluding hydrogens is 276 g/mol. The number of benzene rings is 1. The molecule has 0 bridgehead atoms. The quantitative estimate of drug-likeness (QED) is 0.341. The Morgan fingerprint density at radius 2 is 2.20 bits per heavy atom. The van der Waals surface area contributed by atoms with Crippen LogP contribution in [0.5, 0.6) is 0 Å². The van der Waals surface area contributed by atoms with Crippen molar-refractivity contribution in [2.24, 2.45) is 10.9 Å². The van der Waals surface area contributed by atoms with Gasteiger partial charge in [-0.1, -0.05) is 35.0 Å². The van der Waals surface area contributed by atoms with Crippen LogP contribution in [0.15, 0.2) is 47.9 Å². The topological polar surface area (TPSA) is 83.5 Å². The molecule has 4 N–H and O–H groups in total. The monoisotopic (exact) mass is 290 g/mol. The van der Waals surface area contributed by atoms with E-state index in [0.29, 0.717) is 23.7 Å². The van der Waals surface area contributed by atoms with Gasteiger partial charge >= 0.3 is 0 Å². The van der Waals surface area contributed by atoms with Crippen LogP contribution in [-0.2, 0) is 13.1 Å². The number of nitrogens with two attached hydrogens (primary N) is 1. The molecule has 2 rings (SSSR count). The van der Waals surface area contributed by atoms with Crippen LogP contribution < -0.4 is 11.1 Å². The normalized spacial score (nSPS) is 11.6. The highest BCUT2D eigenvalue weighted by Crippen LogP contribution is 2.18. The van der Waals surface area contributed by atoms with Crippen molar-refractivity contribution in [3.63, 3.8) is 0 Å². The molecule has 1 heterocycles. The van der Waals surface area contributed by atoms with E-state index in [1.807, 2.05) is 24.4 Å². The van der Waals surface area contributed by atoms with Crippen molar-refractivity contribution in [2.45, 2.75) is 13.1 Å². The molecule has 0 saturated carbocycles. The third-order valence-corrected chi connectivity index (χ3v) is 3.18. The molecule has 0 aliphatic rings. The fourth-order valence-corrected chi connectivity index (χ4v) is 2.00. The molecular formula is C14H15ClN4O. The lowest BCUT2D eigenvalue weighted by molar-refractivity contribution is 0.318. The Morgan fingerprint density at radius 3 is 2.85 bits per heavy atom. The zero-order valence-corrected chi connectivity index (χ0v) is 11.5. The number of amidine groups is 1. The second-order valence-electron chi connectivity index (χ2n) is 4.26. The number of nitrogens with zero attached hydrogens (tertiary/aromatic N) is 2. The van der Waals surface area contributed by atoms with Gasteiger partial charge in [0.1, 0.15) is 0 Å². The van der Waals surface area contributed by atoms with Crippen molar-refractivity contribution in [1.29, 1.82) is 0 Å². The Labute approximate surface area is 122 Å². The maximum atomic E-state index is 8.62. The van der Waals surface area contributed by atoms with Gasteiger partial charge in [0.15, 0.2) is 5.84 Å². The van der Waals surface area contributed by atoms with Crippen molar-refractivity contribution >= 4 is 17.4 Å². The van der Waals surface area contributed by atoms with Gasteiger partial charge in [0.2, 0.25) is 0 Å². The molecule has 0 saturated heterocycles. The highest BCUT2D eigenvalue weighted by Gasteiger charge is 2.05. The summed E-state index contributed by atoms with van der Waals surface area (Å²) in [4.78, 5) is 4.05. The van der Waals surface area contributed by atoms with E-state index in [1.54, 1.807) is 18.3 Å². The van der Waals surface area contributed by atoms with Crippen LogP contribution in [0.2, 0.25) is 5.02 Å². The lowest BCUT2D eigenvalue weighted by atomic mass is 10.1. The van der Waals surface area contributed by atoms with Crippen molar-refractivity contribution in [2.75, 3.05) is 0 Å². The number of aromatic nitrogens is 1. The van der Waals surface area contributed by atoms with Crippen LogP contribution in [0.25, 0.3) is 0 Å². The third kappa shape index (κ3) is 3.69. The zero-order valence-electron chi connectivity index (χ0n) is 10.8. The maximum absolute atomic E-state index is 8.62. The van der Waals surface area contributed by atoms with Gasteiger partial charge in [0.05, 0.1) is 0 Å². The molecule has 1 aromatic carbocycles. The summed E-state index contributed by atoms with van der Waals surface area (Å²) in [5.41, 5.74) is 8.16. The number of nitrogens with one attached hydrogen (secondary N) is 1. The summed E-state index contributed by atoms with van der Waals surface area (Å²) in [6, 6.07) is 9.20. The van der Waals surface area contributed by atoms with Gasteiger partial charge in [-0.3, -0.25) is 4.98 Å². The van der Waals surface area contributed by atoms with Crippen LogP contribution >= 0.6 is 11.6 Å². The van der Waals surface area contributed by atoms with Gasteiger partial charge < -0.3 is 16.3 Å². The second-order valence-corrected chi connectivity index (χ2v) is 4.66. The standard InChI is InChI=1S/C14H15ClN4O/c15-13-6-11(14(16)19-20)3-4-12(13)9-18-8-10-2-1-5-17-7-10/h1-7,18,20H,8-9H2,(H2,16,19). The minimum atomic E-state index is 0.0433. The summed E-state index contributed by atoms with van der Waals surface area (Å²) < 4.78 is 0. The highest BCUT2D eigenvalue weighted by molar-refractivity contribution is 6.31. The molecule has 2 aromatic rings. The number of rotatable bonds is 5. The first-order chi connectivity index (χ1) is 9.70. The predicted molar refractivity (Wildman–Crippen MR) is 78.7 cm³/mol. The lowest BCUT2D eigenvalue weighted by Gasteiger charge is -2.08. The van der Waals surface area contributed by atoms with E-state index in [0.717, 1.165) is 11.1 Å². The highest BCUT2D eigenvalue weighted by atomic mass is 35.5. The molecule has 0 aliphatic carbocycles. The van der Waals surface area contributed by atoms with Gasteiger partial charge in [-0.15, -0.1) is 0 Å². The SMILES string of the molecule is N/C(=N/O)c1ccc(CNCc2cccnc2)c(Cl)c1. The Balaban J connectivity index is 1.97. The van der Waals surface area contributed by atoms with Crippen molar-refractivity contribution in [1.82, 2.24) is 10.3 Å².